The molecular formula is C12H20N6O3. The number of rotatable bonds is 4. The Morgan fingerprint density at radius 2 is 2.19 bits per heavy atom. The summed E-state index contributed by atoms with van der Waals surface area (Å²) >= 11 is 0. The zero-order chi connectivity index (χ0) is 15.7. The first-order valence-corrected chi connectivity index (χ1v) is 6.67. The molecule has 3 N–H and O–H groups in total. The number of nitrogen functional groups attached to an aromatic ring is 1. The van der Waals surface area contributed by atoms with Crippen molar-refractivity contribution < 1.29 is 10.0 Å². The van der Waals surface area contributed by atoms with Crippen molar-refractivity contribution >= 4 is 17.5 Å². The van der Waals surface area contributed by atoms with E-state index in [2.05, 4.69) is 9.97 Å². The van der Waals surface area contributed by atoms with Crippen LogP contribution in [0.3, 0.4) is 0 Å². The van der Waals surface area contributed by atoms with Crippen molar-refractivity contribution in [2.75, 3.05) is 37.8 Å². The molecule has 0 radical (unpaired) electrons. The van der Waals surface area contributed by atoms with Crippen LogP contribution in [0.1, 0.15) is 12.1 Å². The van der Waals surface area contributed by atoms with Gasteiger partial charge < -0.3 is 20.6 Å². The van der Waals surface area contributed by atoms with E-state index in [1.807, 2.05) is 19.0 Å². The van der Waals surface area contributed by atoms with Gasteiger partial charge in [0.2, 0.25) is 11.8 Å². The molecule has 0 amide bonds. The van der Waals surface area contributed by atoms with E-state index >= 15 is 0 Å². The highest BCUT2D eigenvalue weighted by molar-refractivity contribution is 5.63. The number of aliphatic hydroxyl groups excluding tert-OH is 1. The highest BCUT2D eigenvalue weighted by Gasteiger charge is 2.37. The van der Waals surface area contributed by atoms with Gasteiger partial charge in [0, 0.05) is 19.1 Å². The summed E-state index contributed by atoms with van der Waals surface area (Å²) in [5, 5.41) is 21.2. The minimum Gasteiger partial charge on any atom is -0.391 e. The van der Waals surface area contributed by atoms with Crippen LogP contribution in [0.15, 0.2) is 0 Å². The molecule has 1 aliphatic rings. The Balaban J connectivity index is 2.46. The van der Waals surface area contributed by atoms with Gasteiger partial charge in [-0.05, 0) is 27.4 Å². The number of aryl methyl sites for hydroxylation is 1. The minimum atomic E-state index is -0.536. The molecule has 2 rings (SSSR count). The normalized spacial score (nSPS) is 22.0. The SMILES string of the molecule is Cc1nc(N)nc(N2CC(O)CC2CN(C)C)c1[N+](=O)[O-]. The standard InChI is InChI=1S/C12H20N6O3/c1-7-10(18(20)21)11(15-12(13)14-7)17-6-9(19)4-8(17)5-16(2)3/h8-9,19H,4-6H2,1-3H3,(H2,13,14,15). The maximum absolute atomic E-state index is 11.3. The molecule has 0 aliphatic carbocycles. The third-order valence-electron chi connectivity index (χ3n) is 3.48. The van der Waals surface area contributed by atoms with Crippen molar-refractivity contribution in [3.8, 4) is 0 Å². The topological polar surface area (TPSA) is 122 Å². The summed E-state index contributed by atoms with van der Waals surface area (Å²) in [7, 11) is 3.83. The van der Waals surface area contributed by atoms with E-state index in [4.69, 9.17) is 5.73 Å². The number of nitro groups is 1. The van der Waals surface area contributed by atoms with E-state index < -0.39 is 11.0 Å². The van der Waals surface area contributed by atoms with E-state index in [1.165, 1.54) is 6.92 Å². The number of anilines is 2. The third-order valence-corrected chi connectivity index (χ3v) is 3.48. The molecule has 0 aromatic carbocycles. The Hall–Kier alpha value is -2.00. The summed E-state index contributed by atoms with van der Waals surface area (Å²) in [6.45, 7) is 2.50. The molecule has 9 heteroatoms. The van der Waals surface area contributed by atoms with Gasteiger partial charge in [0.15, 0.2) is 0 Å². The second kappa shape index (κ2) is 5.78. The summed E-state index contributed by atoms with van der Waals surface area (Å²) in [5.41, 5.74) is 5.71. The van der Waals surface area contributed by atoms with E-state index in [0.717, 1.165) is 0 Å². The first kappa shape index (κ1) is 15.4. The molecule has 0 bridgehead atoms. The fourth-order valence-corrected chi connectivity index (χ4v) is 2.73. The first-order chi connectivity index (χ1) is 9.79. The van der Waals surface area contributed by atoms with Crippen LogP contribution >= 0.6 is 0 Å². The van der Waals surface area contributed by atoms with Crippen molar-refractivity contribution in [3.05, 3.63) is 15.8 Å². The van der Waals surface area contributed by atoms with Crippen molar-refractivity contribution in [1.82, 2.24) is 14.9 Å². The molecule has 1 aromatic heterocycles. The summed E-state index contributed by atoms with van der Waals surface area (Å²) < 4.78 is 0. The van der Waals surface area contributed by atoms with E-state index in [-0.39, 0.29) is 29.2 Å². The van der Waals surface area contributed by atoms with Crippen LogP contribution in [0.5, 0.6) is 0 Å². The van der Waals surface area contributed by atoms with Gasteiger partial charge >= 0.3 is 5.69 Å². The molecule has 2 unspecified atom stereocenters. The second-order valence-corrected chi connectivity index (χ2v) is 5.55. The highest BCUT2D eigenvalue weighted by atomic mass is 16.6. The number of β-amino-alcohol motifs (C(OH)–C–C–N with tert-alkyl or cyclic N) is 1. The maximum atomic E-state index is 11.3. The monoisotopic (exact) mass is 296 g/mol. The summed E-state index contributed by atoms with van der Waals surface area (Å²) in [6, 6.07) is -0.0533. The number of likely N-dealkylation sites (N-methyl/N-ethyl adjacent to an activating group) is 1. The van der Waals surface area contributed by atoms with Gasteiger partial charge in [-0.3, -0.25) is 10.1 Å². The quantitative estimate of drug-likeness (QED) is 0.577. The Kier molecular flexibility index (Phi) is 4.24. The van der Waals surface area contributed by atoms with Gasteiger partial charge in [-0.1, -0.05) is 0 Å². The van der Waals surface area contributed by atoms with Crippen molar-refractivity contribution in [2.45, 2.75) is 25.5 Å². The van der Waals surface area contributed by atoms with Crippen molar-refractivity contribution in [2.24, 2.45) is 0 Å². The molecule has 9 nitrogen and oxygen atoms in total. The van der Waals surface area contributed by atoms with Crippen LogP contribution in [0.4, 0.5) is 17.5 Å². The molecule has 2 heterocycles. The molecule has 21 heavy (non-hydrogen) atoms. The highest BCUT2D eigenvalue weighted by Crippen LogP contribution is 2.34. The van der Waals surface area contributed by atoms with Gasteiger partial charge in [0.25, 0.3) is 0 Å². The van der Waals surface area contributed by atoms with Gasteiger partial charge in [-0.25, -0.2) is 4.98 Å². The Morgan fingerprint density at radius 3 is 2.76 bits per heavy atom. The summed E-state index contributed by atoms with van der Waals surface area (Å²) in [4.78, 5) is 22.4. The Labute approximate surface area is 122 Å². The zero-order valence-corrected chi connectivity index (χ0v) is 12.4. The average Bonchev–Trinajstić information content (AvgIpc) is 2.67. The number of nitrogens with two attached hydrogens (primary N) is 1. The first-order valence-electron chi connectivity index (χ1n) is 6.67. The van der Waals surface area contributed by atoms with Crippen LogP contribution in [0.2, 0.25) is 0 Å². The lowest BCUT2D eigenvalue weighted by molar-refractivity contribution is -0.385. The fourth-order valence-electron chi connectivity index (χ4n) is 2.73. The lowest BCUT2D eigenvalue weighted by atomic mass is 10.2. The smallest absolute Gasteiger partial charge is 0.332 e. The van der Waals surface area contributed by atoms with Gasteiger partial charge in [-0.15, -0.1) is 0 Å². The molecule has 0 spiro atoms. The van der Waals surface area contributed by atoms with E-state index in [0.29, 0.717) is 19.5 Å². The van der Waals surface area contributed by atoms with Crippen LogP contribution in [-0.2, 0) is 0 Å². The predicted molar refractivity (Wildman–Crippen MR) is 78.1 cm³/mol. The number of nitrogens with zero attached hydrogens (tertiary/aromatic N) is 5. The van der Waals surface area contributed by atoms with Crippen LogP contribution in [0.25, 0.3) is 0 Å². The zero-order valence-electron chi connectivity index (χ0n) is 12.4. The number of hydrogen-bond acceptors (Lipinski definition) is 8. The molecule has 1 saturated heterocycles. The fraction of sp³-hybridized carbons (Fsp3) is 0.667. The van der Waals surface area contributed by atoms with Gasteiger partial charge in [-0.2, -0.15) is 4.98 Å². The summed E-state index contributed by atoms with van der Waals surface area (Å²) in [5.74, 6) is 0.187. The molecule has 1 fully saturated rings. The predicted octanol–water partition coefficient (Wildman–Crippen LogP) is -0.223. The largest absolute Gasteiger partial charge is 0.391 e. The van der Waals surface area contributed by atoms with Crippen LogP contribution in [-0.4, -0.2) is 64.2 Å². The molecule has 116 valence electrons. The second-order valence-electron chi connectivity index (χ2n) is 5.55. The number of hydrogen-bond donors (Lipinski definition) is 2. The van der Waals surface area contributed by atoms with Crippen LogP contribution in [0, 0.1) is 17.0 Å². The van der Waals surface area contributed by atoms with E-state index in [9.17, 15) is 15.2 Å². The van der Waals surface area contributed by atoms with Crippen molar-refractivity contribution in [1.29, 1.82) is 0 Å². The molecule has 1 aliphatic heterocycles. The molecule has 1 aromatic rings. The minimum absolute atomic E-state index is 0.00177. The average molecular weight is 296 g/mol. The van der Waals surface area contributed by atoms with Crippen LogP contribution < -0.4 is 10.6 Å². The molecular weight excluding hydrogens is 276 g/mol. The number of aliphatic hydroxyl groups is 1. The molecule has 2 atom stereocenters. The van der Waals surface area contributed by atoms with E-state index in [1.54, 1.807) is 4.90 Å². The Bertz CT molecular complexity index is 550. The van der Waals surface area contributed by atoms with Gasteiger partial charge in [0.1, 0.15) is 5.69 Å². The summed E-state index contributed by atoms with van der Waals surface area (Å²) in [6.07, 6.45) is 0.00390. The Morgan fingerprint density at radius 1 is 1.52 bits per heavy atom. The third kappa shape index (κ3) is 3.19. The molecule has 0 saturated carbocycles. The number of aromatic nitrogens is 2. The van der Waals surface area contributed by atoms with Gasteiger partial charge in [0.05, 0.1) is 11.0 Å². The van der Waals surface area contributed by atoms with Crippen molar-refractivity contribution in [3.63, 3.8) is 0 Å². The lowest BCUT2D eigenvalue weighted by Gasteiger charge is -2.27. The maximum Gasteiger partial charge on any atom is 0.332 e. The lowest BCUT2D eigenvalue weighted by Crippen LogP contribution is -2.38.